The smallest absolute Gasteiger partial charge is 0.265 e. The lowest BCUT2D eigenvalue weighted by molar-refractivity contribution is 0.0926. The van der Waals surface area contributed by atoms with E-state index < -0.39 is 55.0 Å². The van der Waals surface area contributed by atoms with Crippen LogP contribution in [0.25, 0.3) is 11.1 Å². The van der Waals surface area contributed by atoms with Crippen molar-refractivity contribution in [3.63, 3.8) is 0 Å². The number of para-hydroxylation sites is 1. The van der Waals surface area contributed by atoms with Crippen LogP contribution in [0.15, 0.2) is 53.4 Å². The molecule has 0 fully saturated rings. The molecule has 0 saturated carbocycles. The van der Waals surface area contributed by atoms with Gasteiger partial charge in [0.05, 0.1) is 17.3 Å². The fraction of sp³-hybridized carbons (Fsp3) is 0.174. The molecule has 1 atom stereocenters. The zero-order valence-electron chi connectivity index (χ0n) is 17.7. The quantitative estimate of drug-likeness (QED) is 0.442. The van der Waals surface area contributed by atoms with Crippen molar-refractivity contribution in [2.45, 2.75) is 24.3 Å². The van der Waals surface area contributed by atoms with E-state index in [0.29, 0.717) is 12.5 Å². The van der Waals surface area contributed by atoms with Gasteiger partial charge in [-0.2, -0.15) is 0 Å². The Morgan fingerprint density at radius 3 is 2.59 bits per heavy atom. The molecular formula is C23H19ClF2N2O5S. The summed E-state index contributed by atoms with van der Waals surface area (Å²) >= 11 is 5.97. The SMILES string of the molecule is CC[C@H]1CNC(=O)c2cc(Cl)c(O)c(c2)S(=O)(=O)Nc2cc(c(F)cc2F)-c2ccccc2O1. The molecule has 3 aromatic rings. The topological polar surface area (TPSA) is 105 Å². The van der Waals surface area contributed by atoms with Crippen LogP contribution in [0.4, 0.5) is 14.5 Å². The minimum absolute atomic E-state index is 0.0413. The van der Waals surface area contributed by atoms with E-state index in [4.69, 9.17) is 16.3 Å². The highest BCUT2D eigenvalue weighted by atomic mass is 35.5. The third-order valence-electron chi connectivity index (χ3n) is 5.30. The number of fused-ring (bicyclic) bond motifs is 6. The van der Waals surface area contributed by atoms with Crippen LogP contribution in [0.3, 0.4) is 0 Å². The molecule has 1 aliphatic rings. The minimum Gasteiger partial charge on any atom is -0.505 e. The molecule has 4 rings (SSSR count). The molecule has 11 heteroatoms. The predicted molar refractivity (Wildman–Crippen MR) is 123 cm³/mol. The average molecular weight is 509 g/mol. The Kier molecular flexibility index (Phi) is 6.37. The van der Waals surface area contributed by atoms with Crippen molar-refractivity contribution in [3.8, 4) is 22.6 Å². The van der Waals surface area contributed by atoms with Crippen LogP contribution < -0.4 is 14.8 Å². The van der Waals surface area contributed by atoms with Crippen LogP contribution in [0.2, 0.25) is 5.02 Å². The van der Waals surface area contributed by atoms with Crippen LogP contribution in [0.1, 0.15) is 23.7 Å². The normalized spacial score (nSPS) is 17.3. The Bertz CT molecular complexity index is 1400. The summed E-state index contributed by atoms with van der Waals surface area (Å²) in [5.74, 6) is -3.34. The van der Waals surface area contributed by atoms with Crippen LogP contribution in [-0.2, 0) is 10.0 Å². The molecule has 34 heavy (non-hydrogen) atoms. The number of rotatable bonds is 1. The number of carbonyl (C=O) groups is 1. The zero-order chi connectivity index (χ0) is 24.6. The van der Waals surface area contributed by atoms with E-state index in [0.717, 1.165) is 18.2 Å². The van der Waals surface area contributed by atoms with E-state index in [1.165, 1.54) is 0 Å². The number of sulfonamides is 1. The number of benzene rings is 3. The van der Waals surface area contributed by atoms with Crippen LogP contribution in [0.5, 0.6) is 11.5 Å². The van der Waals surface area contributed by atoms with Gasteiger partial charge in [-0.15, -0.1) is 0 Å². The number of phenols is 1. The fourth-order valence-corrected chi connectivity index (χ4v) is 4.97. The van der Waals surface area contributed by atoms with E-state index >= 15 is 0 Å². The van der Waals surface area contributed by atoms with E-state index in [2.05, 4.69) is 5.32 Å². The molecule has 1 aliphatic heterocycles. The second-order valence-electron chi connectivity index (χ2n) is 7.58. The van der Waals surface area contributed by atoms with Crippen molar-refractivity contribution < 1.29 is 31.8 Å². The molecule has 0 unspecified atom stereocenters. The van der Waals surface area contributed by atoms with Crippen molar-refractivity contribution in [2.75, 3.05) is 11.3 Å². The van der Waals surface area contributed by atoms with Gasteiger partial charge in [-0.25, -0.2) is 17.2 Å². The van der Waals surface area contributed by atoms with E-state index in [1.807, 2.05) is 11.6 Å². The van der Waals surface area contributed by atoms with Crippen LogP contribution >= 0.6 is 11.6 Å². The number of aromatic hydroxyl groups is 1. The lowest BCUT2D eigenvalue weighted by Crippen LogP contribution is -2.35. The third kappa shape index (κ3) is 4.51. The molecule has 1 heterocycles. The number of hydrogen-bond acceptors (Lipinski definition) is 5. The van der Waals surface area contributed by atoms with Gasteiger partial charge in [0.25, 0.3) is 15.9 Å². The summed E-state index contributed by atoms with van der Waals surface area (Å²) in [7, 11) is -4.64. The number of phenolic OH excluding ortho intramolecular Hbond substituents is 1. The summed E-state index contributed by atoms with van der Waals surface area (Å²) in [6, 6.07) is 9.99. The van der Waals surface area contributed by atoms with Gasteiger partial charge in [-0.05, 0) is 30.7 Å². The number of hydrogen-bond donors (Lipinski definition) is 3. The number of carbonyl (C=O) groups excluding carboxylic acids is 1. The maximum atomic E-state index is 14.8. The Balaban J connectivity index is 1.96. The number of ether oxygens (including phenoxy) is 1. The minimum atomic E-state index is -4.64. The Morgan fingerprint density at radius 1 is 1.12 bits per heavy atom. The first-order valence-corrected chi connectivity index (χ1v) is 12.1. The summed E-state index contributed by atoms with van der Waals surface area (Å²) in [6.45, 7) is 1.87. The van der Waals surface area contributed by atoms with Gasteiger partial charge in [0.2, 0.25) is 0 Å². The van der Waals surface area contributed by atoms with Gasteiger partial charge >= 0.3 is 0 Å². The summed E-state index contributed by atoms with van der Waals surface area (Å²) in [5, 5.41) is 12.5. The van der Waals surface area contributed by atoms with Crippen LogP contribution in [-0.4, -0.2) is 32.1 Å². The van der Waals surface area contributed by atoms with E-state index in [1.54, 1.807) is 24.3 Å². The zero-order valence-corrected chi connectivity index (χ0v) is 19.3. The average Bonchev–Trinajstić information content (AvgIpc) is 2.79. The predicted octanol–water partition coefficient (Wildman–Crippen LogP) is 4.69. The van der Waals surface area contributed by atoms with Gasteiger partial charge in [-0.1, -0.05) is 36.7 Å². The first-order valence-electron chi connectivity index (χ1n) is 10.2. The maximum absolute atomic E-state index is 14.8. The number of anilines is 1. The third-order valence-corrected chi connectivity index (χ3v) is 6.96. The van der Waals surface area contributed by atoms with Gasteiger partial charge in [0, 0.05) is 22.8 Å². The second-order valence-corrected chi connectivity index (χ2v) is 9.63. The first-order chi connectivity index (χ1) is 16.1. The Hall–Kier alpha value is -3.37. The fourth-order valence-electron chi connectivity index (χ4n) is 3.49. The van der Waals surface area contributed by atoms with Crippen LogP contribution in [0, 0.1) is 11.6 Å². The molecule has 0 spiro atoms. The number of nitrogens with one attached hydrogen (secondary N) is 2. The van der Waals surface area contributed by atoms with Gasteiger partial charge < -0.3 is 15.2 Å². The van der Waals surface area contributed by atoms with Crippen molar-refractivity contribution in [1.82, 2.24) is 5.32 Å². The molecule has 0 aliphatic carbocycles. The Labute approximate surface area is 199 Å². The molecule has 178 valence electrons. The van der Waals surface area contributed by atoms with Crippen molar-refractivity contribution in [3.05, 3.63) is 70.8 Å². The van der Waals surface area contributed by atoms with Crippen molar-refractivity contribution in [1.29, 1.82) is 0 Å². The second kappa shape index (κ2) is 9.11. The summed E-state index contributed by atoms with van der Waals surface area (Å²) in [6.07, 6.45) is -0.0457. The lowest BCUT2D eigenvalue weighted by atomic mass is 10.0. The monoisotopic (exact) mass is 508 g/mol. The van der Waals surface area contributed by atoms with E-state index in [9.17, 15) is 27.1 Å². The standard InChI is InChI=1S/C23H19ClF2N2O5S/c1-2-13-11-27-23(30)12-7-16(24)22(29)21(8-12)34(31,32)28-19-9-15(17(25)10-18(19)26)14-5-3-4-6-20(14)33-13/h3-10,13,28-29H,2,11H2,1H3,(H,27,30)/t13-/m0/s1. The molecule has 3 aromatic carbocycles. The maximum Gasteiger partial charge on any atom is 0.265 e. The summed E-state index contributed by atoms with van der Waals surface area (Å²) in [4.78, 5) is 12.0. The van der Waals surface area contributed by atoms with Crippen molar-refractivity contribution in [2.24, 2.45) is 0 Å². The molecule has 4 bridgehead atoms. The van der Waals surface area contributed by atoms with Gasteiger partial charge in [0.1, 0.15) is 28.4 Å². The molecule has 3 N–H and O–H groups in total. The number of halogens is 3. The summed E-state index contributed by atoms with van der Waals surface area (Å²) in [5.41, 5.74) is -0.571. The lowest BCUT2D eigenvalue weighted by Gasteiger charge is -2.21. The van der Waals surface area contributed by atoms with Crippen molar-refractivity contribution >= 4 is 33.2 Å². The van der Waals surface area contributed by atoms with E-state index in [-0.39, 0.29) is 29.0 Å². The number of amides is 1. The van der Waals surface area contributed by atoms with Gasteiger partial charge in [0.15, 0.2) is 5.75 Å². The molecular weight excluding hydrogens is 490 g/mol. The summed E-state index contributed by atoms with van der Waals surface area (Å²) < 4.78 is 63.5. The highest BCUT2D eigenvalue weighted by molar-refractivity contribution is 7.92. The van der Waals surface area contributed by atoms with Gasteiger partial charge in [-0.3, -0.25) is 9.52 Å². The largest absolute Gasteiger partial charge is 0.505 e. The first kappa shape index (κ1) is 23.8. The molecule has 0 radical (unpaired) electrons. The Morgan fingerprint density at radius 2 is 1.85 bits per heavy atom. The molecule has 7 nitrogen and oxygen atoms in total. The highest BCUT2D eigenvalue weighted by Gasteiger charge is 2.27. The molecule has 1 amide bonds. The molecule has 0 aromatic heterocycles. The highest BCUT2D eigenvalue weighted by Crippen LogP contribution is 2.37. The molecule has 0 saturated heterocycles.